The molecule has 2 aromatic rings. The van der Waals surface area contributed by atoms with Crippen LogP contribution in [0.3, 0.4) is 0 Å². The minimum Gasteiger partial charge on any atom is -0.497 e. The lowest BCUT2D eigenvalue weighted by molar-refractivity contribution is 0.415. The Balaban J connectivity index is 2.34. The maximum atomic E-state index is 5.72. The molecular formula is C14H19ClN2O. The quantitative estimate of drug-likeness (QED) is 0.590. The van der Waals surface area contributed by atoms with E-state index in [1.165, 1.54) is 5.52 Å². The van der Waals surface area contributed by atoms with Crippen LogP contribution in [-0.2, 0) is 13.0 Å². The maximum absolute atomic E-state index is 5.72. The van der Waals surface area contributed by atoms with Crippen molar-refractivity contribution in [3.05, 3.63) is 24.0 Å². The number of aryl methyl sites for hydroxylation is 2. The molecular weight excluding hydrogens is 248 g/mol. The summed E-state index contributed by atoms with van der Waals surface area (Å²) in [6.45, 7) is 3.09. The molecule has 4 heteroatoms. The van der Waals surface area contributed by atoms with Crippen LogP contribution < -0.4 is 4.74 Å². The Kier molecular flexibility index (Phi) is 4.48. The third-order valence-corrected chi connectivity index (χ3v) is 3.40. The number of halogens is 1. The number of ether oxygens (including phenoxy) is 1. The monoisotopic (exact) mass is 266 g/mol. The van der Waals surface area contributed by atoms with Crippen molar-refractivity contribution < 1.29 is 4.74 Å². The van der Waals surface area contributed by atoms with E-state index in [-0.39, 0.29) is 0 Å². The van der Waals surface area contributed by atoms with Crippen molar-refractivity contribution >= 4 is 22.6 Å². The molecule has 0 aliphatic heterocycles. The van der Waals surface area contributed by atoms with Crippen molar-refractivity contribution in [3.63, 3.8) is 0 Å². The molecule has 0 N–H and O–H groups in total. The van der Waals surface area contributed by atoms with Crippen LogP contribution in [-0.4, -0.2) is 22.5 Å². The maximum Gasteiger partial charge on any atom is 0.121 e. The number of methoxy groups -OCH3 is 1. The molecule has 0 aliphatic rings. The summed E-state index contributed by atoms with van der Waals surface area (Å²) in [4.78, 5) is 4.70. The number of alkyl halides is 1. The van der Waals surface area contributed by atoms with E-state index in [9.17, 15) is 0 Å². The fourth-order valence-corrected chi connectivity index (χ4v) is 2.40. The van der Waals surface area contributed by atoms with Crippen LogP contribution in [0.4, 0.5) is 0 Å². The van der Waals surface area contributed by atoms with Crippen molar-refractivity contribution in [1.82, 2.24) is 9.55 Å². The van der Waals surface area contributed by atoms with E-state index in [1.54, 1.807) is 7.11 Å². The van der Waals surface area contributed by atoms with Crippen LogP contribution in [0.15, 0.2) is 18.2 Å². The van der Waals surface area contributed by atoms with Crippen molar-refractivity contribution in [1.29, 1.82) is 0 Å². The lowest BCUT2D eigenvalue weighted by Gasteiger charge is -2.05. The number of aromatic nitrogens is 2. The summed E-state index contributed by atoms with van der Waals surface area (Å²) < 4.78 is 7.50. The number of hydrogen-bond donors (Lipinski definition) is 0. The predicted molar refractivity (Wildman–Crippen MR) is 75.6 cm³/mol. The number of rotatable bonds is 6. The highest BCUT2D eigenvalue weighted by Crippen LogP contribution is 2.22. The molecule has 1 heterocycles. The van der Waals surface area contributed by atoms with Crippen LogP contribution in [0.5, 0.6) is 5.75 Å². The van der Waals surface area contributed by atoms with Gasteiger partial charge in [-0.1, -0.05) is 0 Å². The number of imidazole rings is 1. The number of hydrogen-bond acceptors (Lipinski definition) is 2. The molecule has 1 aromatic carbocycles. The van der Waals surface area contributed by atoms with Gasteiger partial charge in [-0.25, -0.2) is 4.98 Å². The van der Waals surface area contributed by atoms with E-state index < -0.39 is 0 Å². The molecule has 0 atom stereocenters. The first-order chi connectivity index (χ1) is 8.80. The highest BCUT2D eigenvalue weighted by molar-refractivity contribution is 6.17. The average Bonchev–Trinajstić information content (AvgIpc) is 2.75. The lowest BCUT2D eigenvalue weighted by Crippen LogP contribution is -2.01. The smallest absolute Gasteiger partial charge is 0.121 e. The fraction of sp³-hybridized carbons (Fsp3) is 0.500. The Hall–Kier alpha value is -1.22. The molecule has 0 saturated carbocycles. The Morgan fingerprint density at radius 2 is 2.17 bits per heavy atom. The first-order valence-corrected chi connectivity index (χ1v) is 6.92. The molecule has 0 saturated heterocycles. The number of unbranched alkanes of at least 4 members (excludes halogenated alkanes) is 1. The third kappa shape index (κ3) is 2.61. The normalized spacial score (nSPS) is 11.1. The third-order valence-electron chi connectivity index (χ3n) is 3.13. The zero-order valence-electron chi connectivity index (χ0n) is 10.9. The highest BCUT2D eigenvalue weighted by atomic mass is 35.5. The summed E-state index contributed by atoms with van der Waals surface area (Å²) in [7, 11) is 1.68. The van der Waals surface area contributed by atoms with Gasteiger partial charge in [-0.2, -0.15) is 0 Å². The Morgan fingerprint density at radius 1 is 1.33 bits per heavy atom. The second kappa shape index (κ2) is 6.10. The summed E-state index contributed by atoms with van der Waals surface area (Å²) in [6, 6.07) is 6.06. The molecule has 0 spiro atoms. The van der Waals surface area contributed by atoms with Crippen LogP contribution in [0.1, 0.15) is 25.6 Å². The summed E-state index contributed by atoms with van der Waals surface area (Å²) in [5, 5.41) is 0. The fourth-order valence-electron chi connectivity index (χ4n) is 2.21. The molecule has 0 radical (unpaired) electrons. The van der Waals surface area contributed by atoms with Crippen molar-refractivity contribution in [2.45, 2.75) is 32.7 Å². The Bertz CT molecular complexity index is 522. The van der Waals surface area contributed by atoms with Gasteiger partial charge in [0.2, 0.25) is 0 Å². The second-order valence-corrected chi connectivity index (χ2v) is 4.65. The average molecular weight is 267 g/mol. The van der Waals surface area contributed by atoms with Gasteiger partial charge in [0.1, 0.15) is 11.6 Å². The van der Waals surface area contributed by atoms with Crippen LogP contribution in [0.25, 0.3) is 11.0 Å². The SMILES string of the molecule is CCn1c(CCCCCl)nc2cc(OC)ccc21. The van der Waals surface area contributed by atoms with E-state index in [4.69, 9.17) is 21.3 Å². The largest absolute Gasteiger partial charge is 0.497 e. The summed E-state index contributed by atoms with van der Waals surface area (Å²) in [6.07, 6.45) is 3.11. The molecule has 2 rings (SSSR count). The minimum absolute atomic E-state index is 0.722. The topological polar surface area (TPSA) is 27.1 Å². The van der Waals surface area contributed by atoms with Gasteiger partial charge in [-0.15, -0.1) is 11.6 Å². The van der Waals surface area contributed by atoms with Crippen molar-refractivity contribution in [3.8, 4) is 5.75 Å². The van der Waals surface area contributed by atoms with Gasteiger partial charge in [-0.05, 0) is 31.9 Å². The summed E-state index contributed by atoms with van der Waals surface area (Å²) in [5.41, 5.74) is 2.19. The Morgan fingerprint density at radius 3 is 2.83 bits per heavy atom. The van der Waals surface area contributed by atoms with E-state index in [2.05, 4.69) is 17.6 Å². The van der Waals surface area contributed by atoms with Gasteiger partial charge in [0.15, 0.2) is 0 Å². The van der Waals surface area contributed by atoms with Gasteiger partial charge in [0.25, 0.3) is 0 Å². The molecule has 0 bridgehead atoms. The van der Waals surface area contributed by atoms with Crippen molar-refractivity contribution in [2.75, 3.05) is 13.0 Å². The number of fused-ring (bicyclic) bond motifs is 1. The number of benzene rings is 1. The molecule has 18 heavy (non-hydrogen) atoms. The molecule has 0 unspecified atom stereocenters. The lowest BCUT2D eigenvalue weighted by atomic mass is 10.2. The second-order valence-electron chi connectivity index (χ2n) is 4.27. The van der Waals surface area contributed by atoms with Crippen LogP contribution in [0.2, 0.25) is 0 Å². The molecule has 1 aromatic heterocycles. The van der Waals surface area contributed by atoms with E-state index in [1.807, 2.05) is 12.1 Å². The van der Waals surface area contributed by atoms with Crippen LogP contribution in [0, 0.1) is 0 Å². The summed E-state index contributed by atoms with van der Waals surface area (Å²) in [5.74, 6) is 2.72. The highest BCUT2D eigenvalue weighted by Gasteiger charge is 2.09. The zero-order chi connectivity index (χ0) is 13.0. The molecule has 3 nitrogen and oxygen atoms in total. The van der Waals surface area contributed by atoms with Crippen molar-refractivity contribution in [2.24, 2.45) is 0 Å². The van der Waals surface area contributed by atoms with Crippen LogP contribution >= 0.6 is 11.6 Å². The zero-order valence-corrected chi connectivity index (χ0v) is 11.7. The van der Waals surface area contributed by atoms with E-state index >= 15 is 0 Å². The first-order valence-electron chi connectivity index (χ1n) is 6.39. The summed E-state index contributed by atoms with van der Waals surface area (Å²) >= 11 is 5.72. The molecule has 0 aliphatic carbocycles. The van der Waals surface area contributed by atoms with Gasteiger partial charge < -0.3 is 9.30 Å². The molecule has 98 valence electrons. The standard InChI is InChI=1S/C14H19ClN2O/c1-3-17-13-8-7-11(18-2)10-12(13)16-14(17)6-4-5-9-15/h7-8,10H,3-6,9H2,1-2H3. The van der Waals surface area contributed by atoms with Gasteiger partial charge >= 0.3 is 0 Å². The first kappa shape index (κ1) is 13.2. The molecule has 0 fully saturated rings. The Labute approximate surface area is 113 Å². The van der Waals surface area contributed by atoms with Gasteiger partial charge in [0, 0.05) is 24.9 Å². The van der Waals surface area contributed by atoms with Gasteiger partial charge in [0.05, 0.1) is 18.1 Å². The number of nitrogens with zero attached hydrogens (tertiary/aromatic N) is 2. The predicted octanol–water partition coefficient (Wildman–Crippen LogP) is 3.63. The van der Waals surface area contributed by atoms with Gasteiger partial charge in [-0.3, -0.25) is 0 Å². The van der Waals surface area contributed by atoms with E-state index in [0.717, 1.165) is 48.8 Å². The minimum atomic E-state index is 0.722. The van der Waals surface area contributed by atoms with E-state index in [0.29, 0.717) is 0 Å². The molecule has 0 amide bonds.